The highest BCUT2D eigenvalue weighted by molar-refractivity contribution is 6.08. The largest absolute Gasteiger partial charge is 0.355 e. The van der Waals surface area contributed by atoms with Crippen LogP contribution < -0.4 is 15.5 Å². The molecular formula is C25H25FN4O2. The van der Waals surface area contributed by atoms with E-state index in [9.17, 15) is 14.0 Å². The number of pyridine rings is 1. The van der Waals surface area contributed by atoms with Crippen molar-refractivity contribution in [1.82, 2.24) is 4.98 Å². The molecule has 3 aromatic rings. The molecular weight excluding hydrogens is 407 g/mol. The molecule has 7 heteroatoms. The molecule has 2 heterocycles. The molecule has 0 saturated carbocycles. The molecule has 0 unspecified atom stereocenters. The molecule has 1 aliphatic rings. The predicted molar refractivity (Wildman–Crippen MR) is 124 cm³/mol. The summed E-state index contributed by atoms with van der Waals surface area (Å²) in [6.45, 7) is 3.64. The van der Waals surface area contributed by atoms with E-state index in [4.69, 9.17) is 0 Å². The summed E-state index contributed by atoms with van der Waals surface area (Å²) in [5.41, 5.74) is 2.20. The third kappa shape index (κ3) is 4.77. The second-order valence-electron chi connectivity index (χ2n) is 7.84. The number of aromatic nitrogens is 1. The van der Waals surface area contributed by atoms with Crippen molar-refractivity contribution in [3.63, 3.8) is 0 Å². The van der Waals surface area contributed by atoms with Gasteiger partial charge in [0.25, 0.3) is 11.8 Å². The van der Waals surface area contributed by atoms with E-state index in [1.165, 1.54) is 24.6 Å². The number of carbonyl (C=O) groups is 2. The Hall–Kier alpha value is -3.74. The van der Waals surface area contributed by atoms with E-state index in [0.29, 0.717) is 16.9 Å². The minimum Gasteiger partial charge on any atom is -0.355 e. The summed E-state index contributed by atoms with van der Waals surface area (Å²) in [4.78, 5) is 32.2. The first-order valence-electron chi connectivity index (χ1n) is 10.7. The second-order valence-corrected chi connectivity index (χ2v) is 7.84. The van der Waals surface area contributed by atoms with Crippen LogP contribution >= 0.6 is 0 Å². The van der Waals surface area contributed by atoms with Crippen LogP contribution in [0.1, 0.15) is 45.5 Å². The monoisotopic (exact) mass is 432 g/mol. The van der Waals surface area contributed by atoms with Crippen molar-refractivity contribution in [2.45, 2.75) is 26.2 Å². The van der Waals surface area contributed by atoms with E-state index >= 15 is 0 Å². The number of hydrogen-bond acceptors (Lipinski definition) is 4. The van der Waals surface area contributed by atoms with Gasteiger partial charge in [-0.15, -0.1) is 0 Å². The molecule has 2 amide bonds. The van der Waals surface area contributed by atoms with Crippen molar-refractivity contribution in [2.24, 2.45) is 0 Å². The first-order chi connectivity index (χ1) is 15.5. The third-order valence-electron chi connectivity index (χ3n) is 5.56. The molecule has 1 fully saturated rings. The van der Waals surface area contributed by atoms with Crippen molar-refractivity contribution in [2.75, 3.05) is 28.6 Å². The quantitative estimate of drug-likeness (QED) is 0.593. The molecule has 1 aromatic heterocycles. The number of benzene rings is 2. The van der Waals surface area contributed by atoms with Gasteiger partial charge in [-0.1, -0.05) is 18.2 Å². The van der Waals surface area contributed by atoms with E-state index in [1.54, 1.807) is 36.5 Å². The molecule has 2 N–H and O–H groups in total. The molecule has 164 valence electrons. The molecule has 0 atom stereocenters. The Bertz CT molecular complexity index is 1140. The third-order valence-corrected chi connectivity index (χ3v) is 5.56. The Morgan fingerprint density at radius 2 is 1.66 bits per heavy atom. The Kier molecular flexibility index (Phi) is 6.44. The Labute approximate surface area is 186 Å². The average Bonchev–Trinajstić information content (AvgIpc) is 2.81. The van der Waals surface area contributed by atoms with Gasteiger partial charge in [-0.3, -0.25) is 9.59 Å². The van der Waals surface area contributed by atoms with Crippen LogP contribution in [0.25, 0.3) is 0 Å². The molecule has 2 aromatic carbocycles. The van der Waals surface area contributed by atoms with Gasteiger partial charge in [0, 0.05) is 30.5 Å². The standard InChI is InChI=1S/C25H25FN4O2/c1-17-11-12-18(16-22(17)29-25(32)19-8-3-4-9-20(19)26)24(31)28-21-10-7-13-27-23(21)30-14-5-2-6-15-30/h3-4,7-13,16H,2,5-6,14-15H2,1H3,(H,28,31)(H,29,32). The number of piperidine rings is 1. The maximum Gasteiger partial charge on any atom is 0.258 e. The van der Waals surface area contributed by atoms with Crippen molar-refractivity contribution < 1.29 is 14.0 Å². The van der Waals surface area contributed by atoms with Crippen molar-refractivity contribution in [1.29, 1.82) is 0 Å². The summed E-state index contributed by atoms with van der Waals surface area (Å²) < 4.78 is 13.9. The van der Waals surface area contributed by atoms with Crippen LogP contribution in [0.4, 0.5) is 21.6 Å². The lowest BCUT2D eigenvalue weighted by Crippen LogP contribution is -2.31. The van der Waals surface area contributed by atoms with Gasteiger partial charge in [-0.05, 0) is 68.1 Å². The minimum absolute atomic E-state index is 0.0525. The van der Waals surface area contributed by atoms with E-state index < -0.39 is 11.7 Å². The normalized spacial score (nSPS) is 13.5. The highest BCUT2D eigenvalue weighted by Crippen LogP contribution is 2.27. The summed E-state index contributed by atoms with van der Waals surface area (Å²) >= 11 is 0. The SMILES string of the molecule is Cc1ccc(C(=O)Nc2cccnc2N2CCCCC2)cc1NC(=O)c1ccccc1F. The van der Waals surface area contributed by atoms with Gasteiger partial charge in [-0.25, -0.2) is 9.37 Å². The molecule has 0 bridgehead atoms. The highest BCUT2D eigenvalue weighted by atomic mass is 19.1. The first-order valence-corrected chi connectivity index (χ1v) is 10.7. The Balaban J connectivity index is 1.53. The zero-order chi connectivity index (χ0) is 22.5. The smallest absolute Gasteiger partial charge is 0.258 e. The summed E-state index contributed by atoms with van der Waals surface area (Å²) in [6, 6.07) is 14.4. The summed E-state index contributed by atoms with van der Waals surface area (Å²) in [5, 5.41) is 5.66. The Morgan fingerprint density at radius 3 is 2.44 bits per heavy atom. The molecule has 32 heavy (non-hydrogen) atoms. The fourth-order valence-electron chi connectivity index (χ4n) is 3.78. The van der Waals surface area contributed by atoms with Crippen LogP contribution in [-0.2, 0) is 0 Å². The number of carbonyl (C=O) groups excluding carboxylic acids is 2. The molecule has 6 nitrogen and oxygen atoms in total. The number of nitrogens with one attached hydrogen (secondary N) is 2. The van der Waals surface area contributed by atoms with Crippen LogP contribution in [0.2, 0.25) is 0 Å². The lowest BCUT2D eigenvalue weighted by Gasteiger charge is -2.29. The van der Waals surface area contributed by atoms with Gasteiger partial charge >= 0.3 is 0 Å². The first kappa shape index (κ1) is 21.5. The minimum atomic E-state index is -0.599. The van der Waals surface area contributed by atoms with Crippen LogP contribution in [0.15, 0.2) is 60.8 Å². The number of aryl methyl sites for hydroxylation is 1. The van der Waals surface area contributed by atoms with E-state index in [0.717, 1.165) is 37.3 Å². The van der Waals surface area contributed by atoms with E-state index in [2.05, 4.69) is 20.5 Å². The van der Waals surface area contributed by atoms with E-state index in [-0.39, 0.29) is 11.5 Å². The van der Waals surface area contributed by atoms with Crippen LogP contribution in [-0.4, -0.2) is 29.9 Å². The molecule has 4 rings (SSSR count). The lowest BCUT2D eigenvalue weighted by atomic mass is 10.1. The molecule has 1 saturated heterocycles. The van der Waals surface area contributed by atoms with Gasteiger partial charge in [0.2, 0.25) is 0 Å². The number of anilines is 3. The number of amides is 2. The van der Waals surface area contributed by atoms with Crippen molar-refractivity contribution in [3.8, 4) is 0 Å². The van der Waals surface area contributed by atoms with Gasteiger partial charge in [0.05, 0.1) is 11.3 Å². The molecule has 0 radical (unpaired) electrons. The maximum atomic E-state index is 13.9. The molecule has 0 aliphatic carbocycles. The molecule has 0 spiro atoms. The predicted octanol–water partition coefficient (Wildman–Crippen LogP) is 5.02. The van der Waals surface area contributed by atoms with E-state index in [1.807, 2.05) is 13.0 Å². The highest BCUT2D eigenvalue weighted by Gasteiger charge is 2.18. The number of halogens is 1. The summed E-state index contributed by atoms with van der Waals surface area (Å²) in [5.74, 6) is -0.708. The summed E-state index contributed by atoms with van der Waals surface area (Å²) in [7, 11) is 0. The van der Waals surface area contributed by atoms with Crippen LogP contribution in [0, 0.1) is 12.7 Å². The topological polar surface area (TPSA) is 74.3 Å². The number of nitrogens with zero attached hydrogens (tertiary/aromatic N) is 2. The van der Waals surface area contributed by atoms with Crippen LogP contribution in [0.5, 0.6) is 0 Å². The van der Waals surface area contributed by atoms with Crippen molar-refractivity contribution >= 4 is 29.0 Å². The zero-order valence-electron chi connectivity index (χ0n) is 17.9. The lowest BCUT2D eigenvalue weighted by molar-refractivity contribution is 0.101. The fourth-order valence-corrected chi connectivity index (χ4v) is 3.78. The average molecular weight is 432 g/mol. The zero-order valence-corrected chi connectivity index (χ0v) is 17.9. The van der Waals surface area contributed by atoms with Crippen molar-refractivity contribution in [3.05, 3.63) is 83.3 Å². The van der Waals surface area contributed by atoms with Gasteiger partial charge in [-0.2, -0.15) is 0 Å². The van der Waals surface area contributed by atoms with Gasteiger partial charge < -0.3 is 15.5 Å². The maximum absolute atomic E-state index is 13.9. The van der Waals surface area contributed by atoms with Crippen LogP contribution in [0.3, 0.4) is 0 Å². The molecule has 1 aliphatic heterocycles. The Morgan fingerprint density at radius 1 is 0.906 bits per heavy atom. The number of hydrogen-bond donors (Lipinski definition) is 2. The summed E-state index contributed by atoms with van der Waals surface area (Å²) in [6.07, 6.45) is 5.14. The number of rotatable bonds is 5. The fraction of sp³-hybridized carbons (Fsp3) is 0.240. The second kappa shape index (κ2) is 9.60. The van der Waals surface area contributed by atoms with Gasteiger partial charge in [0.1, 0.15) is 5.82 Å². The van der Waals surface area contributed by atoms with Gasteiger partial charge in [0.15, 0.2) is 5.82 Å².